The van der Waals surface area contributed by atoms with Gasteiger partial charge < -0.3 is 4.57 Å². The molecule has 0 spiro atoms. The molecule has 0 saturated carbocycles. The second-order valence-corrected chi connectivity index (χ2v) is 7.48. The smallest absolute Gasteiger partial charge is 0.270 e. The summed E-state index contributed by atoms with van der Waals surface area (Å²) in [6, 6.07) is 14.1. The number of carbonyl (C=O) groups is 2. The molecule has 0 bridgehead atoms. The zero-order valence-electron chi connectivity index (χ0n) is 15.1. The average Bonchev–Trinajstić information content (AvgIpc) is 3.17. The topological polar surface area (TPSA) is 54.3 Å². The standard InChI is InChI=1S/C21H12Cl2FN3O2S/c22-16-4-1-5-17(18(16)23)27-20(29)15(19(28)25-21(27)30)11-14-3-2-10-26(14)13-8-6-12(24)7-9-13/h1-11H,(H,25,28,30)/b15-11-. The van der Waals surface area contributed by atoms with E-state index in [0.717, 1.165) is 4.90 Å². The number of thiocarbonyl (C=S) groups is 1. The molecule has 1 N–H and O–H groups in total. The van der Waals surface area contributed by atoms with Gasteiger partial charge in [-0.25, -0.2) is 4.39 Å². The molecule has 0 aliphatic carbocycles. The van der Waals surface area contributed by atoms with Crippen LogP contribution < -0.4 is 10.2 Å². The van der Waals surface area contributed by atoms with Crippen molar-refractivity contribution in [1.82, 2.24) is 9.88 Å². The minimum Gasteiger partial charge on any atom is -0.317 e. The van der Waals surface area contributed by atoms with Crippen molar-refractivity contribution in [2.24, 2.45) is 0 Å². The summed E-state index contributed by atoms with van der Waals surface area (Å²) < 4.78 is 15.0. The van der Waals surface area contributed by atoms with E-state index in [2.05, 4.69) is 5.32 Å². The summed E-state index contributed by atoms with van der Waals surface area (Å²) in [7, 11) is 0. The molecule has 30 heavy (non-hydrogen) atoms. The van der Waals surface area contributed by atoms with Crippen molar-refractivity contribution in [2.75, 3.05) is 4.90 Å². The van der Waals surface area contributed by atoms with E-state index >= 15 is 0 Å². The Morgan fingerprint density at radius 1 is 1.00 bits per heavy atom. The first kappa shape index (κ1) is 20.3. The third kappa shape index (κ3) is 3.63. The van der Waals surface area contributed by atoms with E-state index in [0.29, 0.717) is 11.4 Å². The van der Waals surface area contributed by atoms with Gasteiger partial charge in [0.1, 0.15) is 11.4 Å². The number of nitrogens with one attached hydrogen (secondary N) is 1. The lowest BCUT2D eigenvalue weighted by Crippen LogP contribution is -2.54. The lowest BCUT2D eigenvalue weighted by atomic mass is 10.1. The Morgan fingerprint density at radius 3 is 2.47 bits per heavy atom. The van der Waals surface area contributed by atoms with Crippen LogP contribution in [0.4, 0.5) is 10.1 Å². The van der Waals surface area contributed by atoms with Gasteiger partial charge in [-0.3, -0.25) is 19.8 Å². The number of aromatic nitrogens is 1. The number of rotatable bonds is 3. The highest BCUT2D eigenvalue weighted by molar-refractivity contribution is 7.80. The van der Waals surface area contributed by atoms with E-state index in [1.165, 1.54) is 18.2 Å². The van der Waals surface area contributed by atoms with E-state index in [-0.39, 0.29) is 32.2 Å². The molecule has 0 radical (unpaired) electrons. The Morgan fingerprint density at radius 2 is 1.73 bits per heavy atom. The van der Waals surface area contributed by atoms with Crippen LogP contribution >= 0.6 is 35.4 Å². The van der Waals surface area contributed by atoms with Gasteiger partial charge in [0, 0.05) is 17.6 Å². The first-order valence-corrected chi connectivity index (χ1v) is 9.82. The lowest BCUT2D eigenvalue weighted by Gasteiger charge is -2.29. The van der Waals surface area contributed by atoms with Crippen molar-refractivity contribution < 1.29 is 14.0 Å². The summed E-state index contributed by atoms with van der Waals surface area (Å²) in [6.07, 6.45) is 3.18. The maximum atomic E-state index is 13.2. The maximum absolute atomic E-state index is 13.2. The molecule has 2 heterocycles. The molecule has 150 valence electrons. The van der Waals surface area contributed by atoms with Crippen molar-refractivity contribution in [2.45, 2.75) is 0 Å². The summed E-state index contributed by atoms with van der Waals surface area (Å²) in [5.41, 5.74) is 1.34. The van der Waals surface area contributed by atoms with Crippen LogP contribution in [0.25, 0.3) is 11.8 Å². The zero-order chi connectivity index (χ0) is 21.4. The number of amides is 2. The Hall–Kier alpha value is -3.00. The molecular formula is C21H12Cl2FN3O2S. The van der Waals surface area contributed by atoms with Gasteiger partial charge in [-0.15, -0.1) is 0 Å². The third-order valence-corrected chi connectivity index (χ3v) is 5.54. The molecular weight excluding hydrogens is 448 g/mol. The van der Waals surface area contributed by atoms with Gasteiger partial charge in [-0.05, 0) is 66.8 Å². The van der Waals surface area contributed by atoms with Crippen molar-refractivity contribution in [3.63, 3.8) is 0 Å². The van der Waals surface area contributed by atoms with Crippen LogP contribution in [-0.2, 0) is 9.59 Å². The molecule has 1 saturated heterocycles. The van der Waals surface area contributed by atoms with E-state index in [1.807, 2.05) is 0 Å². The Labute approximate surface area is 186 Å². The molecule has 4 rings (SSSR count). The van der Waals surface area contributed by atoms with Crippen LogP contribution in [0.1, 0.15) is 5.69 Å². The minimum atomic E-state index is -0.639. The van der Waals surface area contributed by atoms with Gasteiger partial charge in [-0.1, -0.05) is 29.3 Å². The second-order valence-electron chi connectivity index (χ2n) is 6.31. The van der Waals surface area contributed by atoms with Crippen molar-refractivity contribution in [3.05, 3.63) is 87.9 Å². The van der Waals surface area contributed by atoms with Crippen molar-refractivity contribution >= 4 is 64.1 Å². The molecule has 1 aliphatic rings. The van der Waals surface area contributed by atoms with E-state index < -0.39 is 11.8 Å². The van der Waals surface area contributed by atoms with Gasteiger partial charge in [-0.2, -0.15) is 0 Å². The lowest BCUT2D eigenvalue weighted by molar-refractivity contribution is -0.122. The molecule has 1 aliphatic heterocycles. The SMILES string of the molecule is O=C1NC(=S)N(c2cccc(Cl)c2Cl)C(=O)/C1=C\c1cccn1-c1ccc(F)cc1. The molecule has 2 amide bonds. The van der Waals surface area contributed by atoms with Crippen LogP contribution in [0.3, 0.4) is 0 Å². The van der Waals surface area contributed by atoms with E-state index in [4.69, 9.17) is 35.4 Å². The number of anilines is 1. The van der Waals surface area contributed by atoms with Gasteiger partial charge in [0.05, 0.1) is 15.7 Å². The van der Waals surface area contributed by atoms with Crippen molar-refractivity contribution in [1.29, 1.82) is 0 Å². The van der Waals surface area contributed by atoms with Crippen LogP contribution in [0.5, 0.6) is 0 Å². The molecule has 1 aromatic heterocycles. The van der Waals surface area contributed by atoms with Gasteiger partial charge in [0.2, 0.25) is 0 Å². The molecule has 1 fully saturated rings. The van der Waals surface area contributed by atoms with Crippen LogP contribution in [0, 0.1) is 5.82 Å². The van der Waals surface area contributed by atoms with E-state index in [1.54, 1.807) is 53.2 Å². The fraction of sp³-hybridized carbons (Fsp3) is 0. The van der Waals surface area contributed by atoms with Crippen molar-refractivity contribution in [3.8, 4) is 5.69 Å². The summed E-state index contributed by atoms with van der Waals surface area (Å²) in [4.78, 5) is 26.8. The highest BCUT2D eigenvalue weighted by atomic mass is 35.5. The highest BCUT2D eigenvalue weighted by Crippen LogP contribution is 2.34. The number of nitrogens with zero attached hydrogens (tertiary/aromatic N) is 2. The number of hydrogen-bond donors (Lipinski definition) is 1. The third-order valence-electron chi connectivity index (χ3n) is 4.45. The van der Waals surface area contributed by atoms with Gasteiger partial charge >= 0.3 is 0 Å². The molecule has 9 heteroatoms. The Kier molecular flexibility index (Phi) is 5.42. The Bertz CT molecular complexity index is 1220. The first-order valence-electron chi connectivity index (χ1n) is 8.65. The normalized spacial score (nSPS) is 15.6. The fourth-order valence-electron chi connectivity index (χ4n) is 3.04. The van der Waals surface area contributed by atoms with Crippen LogP contribution in [0.15, 0.2) is 66.4 Å². The Balaban J connectivity index is 1.77. The molecule has 2 aromatic carbocycles. The first-order chi connectivity index (χ1) is 14.4. The average molecular weight is 460 g/mol. The number of hydrogen-bond acceptors (Lipinski definition) is 3. The predicted molar refractivity (Wildman–Crippen MR) is 118 cm³/mol. The predicted octanol–water partition coefficient (Wildman–Crippen LogP) is 4.75. The monoisotopic (exact) mass is 459 g/mol. The summed E-state index contributed by atoms with van der Waals surface area (Å²) in [5.74, 6) is -1.64. The number of halogens is 3. The summed E-state index contributed by atoms with van der Waals surface area (Å²) >= 11 is 17.5. The van der Waals surface area contributed by atoms with Crippen LogP contribution in [0.2, 0.25) is 10.0 Å². The van der Waals surface area contributed by atoms with E-state index in [9.17, 15) is 14.0 Å². The minimum absolute atomic E-state index is 0.0970. The summed E-state index contributed by atoms with van der Waals surface area (Å²) in [5, 5.41) is 2.79. The highest BCUT2D eigenvalue weighted by Gasteiger charge is 2.35. The number of carbonyl (C=O) groups excluding carboxylic acids is 2. The zero-order valence-corrected chi connectivity index (χ0v) is 17.4. The summed E-state index contributed by atoms with van der Waals surface area (Å²) in [6.45, 7) is 0. The maximum Gasteiger partial charge on any atom is 0.270 e. The fourth-order valence-corrected chi connectivity index (χ4v) is 3.69. The molecule has 5 nitrogen and oxygen atoms in total. The second kappa shape index (κ2) is 8.02. The number of benzene rings is 2. The van der Waals surface area contributed by atoms with Gasteiger partial charge in [0.15, 0.2) is 5.11 Å². The van der Waals surface area contributed by atoms with Gasteiger partial charge in [0.25, 0.3) is 11.8 Å². The molecule has 3 aromatic rings. The quantitative estimate of drug-likeness (QED) is 0.349. The molecule has 0 atom stereocenters. The largest absolute Gasteiger partial charge is 0.317 e. The van der Waals surface area contributed by atoms with Crippen LogP contribution in [-0.4, -0.2) is 21.5 Å². The molecule has 0 unspecified atom stereocenters.